The summed E-state index contributed by atoms with van der Waals surface area (Å²) in [5.74, 6) is 0.263. The van der Waals surface area contributed by atoms with Gasteiger partial charge in [0.2, 0.25) is 0 Å². The van der Waals surface area contributed by atoms with Crippen LogP contribution in [-0.4, -0.2) is 49.5 Å². The summed E-state index contributed by atoms with van der Waals surface area (Å²) in [6.45, 7) is 5.00. The van der Waals surface area contributed by atoms with Crippen LogP contribution in [0.5, 0.6) is 0 Å². The second kappa shape index (κ2) is 6.74. The van der Waals surface area contributed by atoms with Crippen molar-refractivity contribution in [1.82, 2.24) is 4.90 Å². The van der Waals surface area contributed by atoms with Crippen molar-refractivity contribution >= 4 is 0 Å². The molecule has 0 saturated carbocycles. The predicted octanol–water partition coefficient (Wildman–Crippen LogP) is 1.48. The lowest BCUT2D eigenvalue weighted by atomic mass is 9.96. The molecule has 1 aliphatic heterocycles. The largest absolute Gasteiger partial charge is 0.396 e. The van der Waals surface area contributed by atoms with Gasteiger partial charge >= 0.3 is 0 Å². The molecule has 1 fully saturated rings. The third-order valence-electron chi connectivity index (χ3n) is 3.39. The molecule has 1 N–H and O–H groups in total. The van der Waals surface area contributed by atoms with E-state index in [1.807, 2.05) is 18.2 Å². The number of aliphatic hydroxyl groups is 1. The maximum atomic E-state index is 9.47. The number of hydrogen-bond donors (Lipinski definition) is 1. The summed E-state index contributed by atoms with van der Waals surface area (Å²) in [6, 6.07) is 10.3. The van der Waals surface area contributed by atoms with Crippen molar-refractivity contribution in [3.05, 3.63) is 35.9 Å². The van der Waals surface area contributed by atoms with Gasteiger partial charge in [-0.1, -0.05) is 30.3 Å². The normalized spacial score (nSPS) is 19.1. The molecule has 2 rings (SSSR count). The smallest absolute Gasteiger partial charge is 0.0594 e. The quantitative estimate of drug-likeness (QED) is 0.839. The second-order valence-corrected chi connectivity index (χ2v) is 4.53. The van der Waals surface area contributed by atoms with Crippen LogP contribution in [0.2, 0.25) is 0 Å². The van der Waals surface area contributed by atoms with Crippen LogP contribution >= 0.6 is 0 Å². The van der Waals surface area contributed by atoms with E-state index in [1.165, 1.54) is 5.56 Å². The molecule has 1 heterocycles. The van der Waals surface area contributed by atoms with Crippen LogP contribution in [0.3, 0.4) is 0 Å². The van der Waals surface area contributed by atoms with E-state index in [4.69, 9.17) is 4.74 Å². The van der Waals surface area contributed by atoms with Gasteiger partial charge in [-0.3, -0.25) is 4.90 Å². The van der Waals surface area contributed by atoms with E-state index in [-0.39, 0.29) is 12.5 Å². The van der Waals surface area contributed by atoms with Crippen LogP contribution < -0.4 is 0 Å². The van der Waals surface area contributed by atoms with Crippen LogP contribution in [0.25, 0.3) is 0 Å². The van der Waals surface area contributed by atoms with Gasteiger partial charge < -0.3 is 9.84 Å². The zero-order valence-corrected chi connectivity index (χ0v) is 10.2. The van der Waals surface area contributed by atoms with E-state index in [0.29, 0.717) is 0 Å². The number of ether oxygens (including phenoxy) is 1. The average Bonchev–Trinajstić information content (AvgIpc) is 2.42. The summed E-state index contributed by atoms with van der Waals surface area (Å²) in [4.78, 5) is 2.41. The molecule has 17 heavy (non-hydrogen) atoms. The van der Waals surface area contributed by atoms with Crippen LogP contribution in [0.15, 0.2) is 30.3 Å². The number of morpholine rings is 1. The van der Waals surface area contributed by atoms with Crippen molar-refractivity contribution in [2.75, 3.05) is 39.5 Å². The van der Waals surface area contributed by atoms with Crippen molar-refractivity contribution in [3.63, 3.8) is 0 Å². The van der Waals surface area contributed by atoms with Gasteiger partial charge in [0.1, 0.15) is 0 Å². The first-order chi connectivity index (χ1) is 8.40. The minimum Gasteiger partial charge on any atom is -0.396 e. The molecule has 1 aliphatic rings. The minimum absolute atomic E-state index is 0.231. The zero-order chi connectivity index (χ0) is 11.9. The van der Waals surface area contributed by atoms with Gasteiger partial charge in [0.25, 0.3) is 0 Å². The van der Waals surface area contributed by atoms with Crippen LogP contribution in [0.4, 0.5) is 0 Å². The Labute approximate surface area is 103 Å². The topological polar surface area (TPSA) is 32.7 Å². The number of hydrogen-bond acceptors (Lipinski definition) is 3. The highest BCUT2D eigenvalue weighted by Crippen LogP contribution is 2.19. The Kier molecular flexibility index (Phi) is 4.98. The maximum absolute atomic E-state index is 9.47. The van der Waals surface area contributed by atoms with Crippen molar-refractivity contribution in [3.8, 4) is 0 Å². The van der Waals surface area contributed by atoms with E-state index < -0.39 is 0 Å². The van der Waals surface area contributed by atoms with E-state index >= 15 is 0 Å². The van der Waals surface area contributed by atoms with Gasteiger partial charge in [0.05, 0.1) is 13.2 Å². The molecule has 1 atom stereocenters. The third kappa shape index (κ3) is 3.80. The van der Waals surface area contributed by atoms with Gasteiger partial charge in [-0.2, -0.15) is 0 Å². The van der Waals surface area contributed by atoms with E-state index in [9.17, 15) is 5.11 Å². The zero-order valence-electron chi connectivity index (χ0n) is 10.2. The Balaban J connectivity index is 1.83. The minimum atomic E-state index is 0.231. The molecule has 0 amide bonds. The monoisotopic (exact) mass is 235 g/mol. The number of rotatable bonds is 5. The summed E-state index contributed by atoms with van der Waals surface area (Å²) in [6.07, 6.45) is 1.01. The van der Waals surface area contributed by atoms with Crippen molar-refractivity contribution in [1.29, 1.82) is 0 Å². The molecule has 0 aromatic heterocycles. The lowest BCUT2D eigenvalue weighted by molar-refractivity contribution is 0.0357. The summed E-state index contributed by atoms with van der Waals surface area (Å²) >= 11 is 0. The standard InChI is InChI=1S/C14H21NO2/c16-12-14(13-4-2-1-3-5-13)6-7-15-8-10-17-11-9-15/h1-5,14,16H,6-12H2. The predicted molar refractivity (Wildman–Crippen MR) is 68.1 cm³/mol. The molecular formula is C14H21NO2. The van der Waals surface area contributed by atoms with Gasteiger partial charge in [-0.05, 0) is 18.5 Å². The van der Waals surface area contributed by atoms with E-state index in [0.717, 1.165) is 39.3 Å². The van der Waals surface area contributed by atoms with Crippen LogP contribution in [0, 0.1) is 0 Å². The van der Waals surface area contributed by atoms with Crippen molar-refractivity contribution in [2.24, 2.45) is 0 Å². The Bertz CT molecular complexity index is 309. The summed E-state index contributed by atoms with van der Waals surface area (Å²) in [7, 11) is 0. The molecule has 0 spiro atoms. The molecule has 1 unspecified atom stereocenters. The highest BCUT2D eigenvalue weighted by molar-refractivity contribution is 5.19. The fourth-order valence-electron chi connectivity index (χ4n) is 2.25. The van der Waals surface area contributed by atoms with Crippen LogP contribution in [-0.2, 0) is 4.74 Å². The second-order valence-electron chi connectivity index (χ2n) is 4.53. The first-order valence-corrected chi connectivity index (χ1v) is 6.36. The lowest BCUT2D eigenvalue weighted by Crippen LogP contribution is -2.37. The summed E-state index contributed by atoms with van der Waals surface area (Å²) in [5, 5.41) is 9.47. The van der Waals surface area contributed by atoms with Crippen molar-refractivity contribution < 1.29 is 9.84 Å². The maximum Gasteiger partial charge on any atom is 0.0594 e. The van der Waals surface area contributed by atoms with Gasteiger partial charge in [0, 0.05) is 25.6 Å². The van der Waals surface area contributed by atoms with Gasteiger partial charge in [-0.25, -0.2) is 0 Å². The first-order valence-electron chi connectivity index (χ1n) is 6.36. The molecule has 0 radical (unpaired) electrons. The fraction of sp³-hybridized carbons (Fsp3) is 0.571. The Morgan fingerprint density at radius 1 is 1.18 bits per heavy atom. The molecule has 0 bridgehead atoms. The number of nitrogens with zero attached hydrogens (tertiary/aromatic N) is 1. The summed E-state index contributed by atoms with van der Waals surface area (Å²) < 4.78 is 5.33. The highest BCUT2D eigenvalue weighted by Gasteiger charge is 2.14. The van der Waals surface area contributed by atoms with Crippen LogP contribution in [0.1, 0.15) is 17.9 Å². The molecule has 1 aromatic carbocycles. The van der Waals surface area contributed by atoms with Gasteiger partial charge in [0.15, 0.2) is 0 Å². The molecule has 1 aromatic rings. The first kappa shape index (κ1) is 12.6. The summed E-state index contributed by atoms with van der Waals surface area (Å²) in [5.41, 5.74) is 1.24. The van der Waals surface area contributed by atoms with E-state index in [1.54, 1.807) is 0 Å². The van der Waals surface area contributed by atoms with E-state index in [2.05, 4.69) is 17.0 Å². The molecule has 3 nitrogen and oxygen atoms in total. The third-order valence-corrected chi connectivity index (χ3v) is 3.39. The average molecular weight is 235 g/mol. The Hall–Kier alpha value is -0.900. The van der Waals surface area contributed by atoms with Gasteiger partial charge in [-0.15, -0.1) is 0 Å². The highest BCUT2D eigenvalue weighted by atomic mass is 16.5. The molecule has 0 aliphatic carbocycles. The lowest BCUT2D eigenvalue weighted by Gasteiger charge is -2.28. The number of benzene rings is 1. The van der Waals surface area contributed by atoms with Crippen molar-refractivity contribution in [2.45, 2.75) is 12.3 Å². The Morgan fingerprint density at radius 3 is 2.53 bits per heavy atom. The fourth-order valence-corrected chi connectivity index (χ4v) is 2.25. The molecule has 94 valence electrons. The molecule has 1 saturated heterocycles. The number of aliphatic hydroxyl groups excluding tert-OH is 1. The molecule has 3 heteroatoms. The molecular weight excluding hydrogens is 214 g/mol. The Morgan fingerprint density at radius 2 is 1.88 bits per heavy atom. The SMILES string of the molecule is OCC(CCN1CCOCC1)c1ccccc1.